The Bertz CT molecular complexity index is 881. The minimum Gasteiger partial charge on any atom is -0.508 e. The van der Waals surface area contributed by atoms with Gasteiger partial charge >= 0.3 is 0 Å². The van der Waals surface area contributed by atoms with Crippen molar-refractivity contribution in [3.05, 3.63) is 51.7 Å². The number of allylic oxidation sites excluding steroid dienone is 1. The molecule has 0 aliphatic heterocycles. The average Bonchev–Trinajstić information content (AvgIpc) is 2.99. The highest BCUT2D eigenvalue weighted by molar-refractivity contribution is 7.97. The lowest BCUT2D eigenvalue weighted by Gasteiger charge is -2.20. The molecule has 0 fully saturated rings. The SMILES string of the molecule is CC(C)(C)c1cc(/C=C(\C#N)S(=O)(=O)c2cccs2)ccc1O. The summed E-state index contributed by atoms with van der Waals surface area (Å²) in [7, 11) is -3.81. The maximum absolute atomic E-state index is 12.4. The van der Waals surface area contributed by atoms with Crippen molar-refractivity contribution < 1.29 is 13.5 Å². The van der Waals surface area contributed by atoms with E-state index in [-0.39, 0.29) is 20.3 Å². The van der Waals surface area contributed by atoms with Gasteiger partial charge in [-0.2, -0.15) is 5.26 Å². The monoisotopic (exact) mass is 347 g/mol. The number of nitriles is 1. The number of phenolic OH excluding ortho intramolecular Hbond substituents is 1. The van der Waals surface area contributed by atoms with Crippen LogP contribution in [0.1, 0.15) is 31.9 Å². The van der Waals surface area contributed by atoms with Crippen molar-refractivity contribution in [2.24, 2.45) is 0 Å². The van der Waals surface area contributed by atoms with Crippen LogP contribution in [0.5, 0.6) is 5.75 Å². The number of rotatable bonds is 3. The molecule has 0 saturated carbocycles. The quantitative estimate of drug-likeness (QED) is 0.848. The van der Waals surface area contributed by atoms with E-state index in [1.54, 1.807) is 29.6 Å². The van der Waals surface area contributed by atoms with Crippen LogP contribution in [-0.2, 0) is 15.3 Å². The van der Waals surface area contributed by atoms with Crippen LogP contribution in [0.3, 0.4) is 0 Å². The van der Waals surface area contributed by atoms with Crippen LogP contribution in [0.2, 0.25) is 0 Å². The van der Waals surface area contributed by atoms with Crippen molar-refractivity contribution in [3.63, 3.8) is 0 Å². The molecule has 0 spiro atoms. The van der Waals surface area contributed by atoms with Crippen LogP contribution in [0.4, 0.5) is 0 Å². The molecule has 120 valence electrons. The maximum atomic E-state index is 12.4. The Hall–Kier alpha value is -2.10. The molecule has 0 amide bonds. The van der Waals surface area contributed by atoms with Gasteiger partial charge in [0.2, 0.25) is 9.84 Å². The molecule has 1 aromatic carbocycles. The number of sulfone groups is 1. The van der Waals surface area contributed by atoms with Gasteiger partial charge < -0.3 is 5.11 Å². The zero-order valence-electron chi connectivity index (χ0n) is 13.1. The molecule has 1 N–H and O–H groups in total. The number of benzene rings is 1. The largest absolute Gasteiger partial charge is 0.508 e. The standard InChI is InChI=1S/C17H17NO3S2/c1-17(2,3)14-10-12(6-7-15(14)19)9-13(11-18)23(20,21)16-5-4-8-22-16/h4-10,19H,1-3H3/b13-9+. The zero-order chi connectivity index (χ0) is 17.3. The molecule has 2 aromatic rings. The highest BCUT2D eigenvalue weighted by Gasteiger charge is 2.23. The van der Waals surface area contributed by atoms with E-state index in [0.29, 0.717) is 11.1 Å². The second kappa shape index (κ2) is 6.19. The summed E-state index contributed by atoms with van der Waals surface area (Å²) in [4.78, 5) is -0.314. The number of hydrogen-bond acceptors (Lipinski definition) is 5. The first-order valence-electron chi connectivity index (χ1n) is 6.90. The summed E-state index contributed by atoms with van der Waals surface area (Å²) < 4.78 is 25.0. The highest BCUT2D eigenvalue weighted by Crippen LogP contribution is 2.32. The van der Waals surface area contributed by atoms with Crippen molar-refractivity contribution in [3.8, 4) is 11.8 Å². The van der Waals surface area contributed by atoms with E-state index in [2.05, 4.69) is 0 Å². The van der Waals surface area contributed by atoms with E-state index >= 15 is 0 Å². The van der Waals surface area contributed by atoms with E-state index in [1.165, 1.54) is 18.2 Å². The molecule has 1 aromatic heterocycles. The van der Waals surface area contributed by atoms with E-state index in [0.717, 1.165) is 11.3 Å². The Balaban J connectivity index is 2.55. The number of phenols is 1. The predicted molar refractivity (Wildman–Crippen MR) is 91.9 cm³/mol. The van der Waals surface area contributed by atoms with Gasteiger partial charge in [-0.25, -0.2) is 8.42 Å². The smallest absolute Gasteiger partial charge is 0.226 e. The second-order valence-electron chi connectivity index (χ2n) is 6.08. The van der Waals surface area contributed by atoms with Crippen molar-refractivity contribution in [2.75, 3.05) is 0 Å². The molecular weight excluding hydrogens is 330 g/mol. The lowest BCUT2D eigenvalue weighted by atomic mass is 9.85. The van der Waals surface area contributed by atoms with Gasteiger partial charge in [0.1, 0.15) is 16.0 Å². The Morgan fingerprint density at radius 1 is 1.30 bits per heavy atom. The van der Waals surface area contributed by atoms with Crippen LogP contribution in [-0.4, -0.2) is 13.5 Å². The average molecular weight is 347 g/mol. The van der Waals surface area contributed by atoms with Crippen LogP contribution < -0.4 is 0 Å². The summed E-state index contributed by atoms with van der Waals surface area (Å²) >= 11 is 1.07. The summed E-state index contributed by atoms with van der Waals surface area (Å²) in [5.74, 6) is 0.147. The van der Waals surface area contributed by atoms with E-state index in [9.17, 15) is 18.8 Å². The van der Waals surface area contributed by atoms with Gasteiger partial charge in [0.15, 0.2) is 4.91 Å². The number of nitrogens with zero attached hydrogens (tertiary/aromatic N) is 1. The molecule has 0 radical (unpaired) electrons. The van der Waals surface area contributed by atoms with Crippen LogP contribution >= 0.6 is 11.3 Å². The van der Waals surface area contributed by atoms with Gasteiger partial charge in [0.05, 0.1) is 0 Å². The van der Waals surface area contributed by atoms with Gasteiger partial charge in [0, 0.05) is 0 Å². The Labute approximate surface area is 140 Å². The van der Waals surface area contributed by atoms with Crippen molar-refractivity contribution in [2.45, 2.75) is 30.4 Å². The van der Waals surface area contributed by atoms with E-state index in [1.807, 2.05) is 20.8 Å². The Morgan fingerprint density at radius 2 is 2.00 bits per heavy atom. The fourth-order valence-electron chi connectivity index (χ4n) is 2.09. The fourth-order valence-corrected chi connectivity index (χ4v) is 4.37. The third-order valence-electron chi connectivity index (χ3n) is 3.29. The van der Waals surface area contributed by atoms with Crippen LogP contribution in [0, 0.1) is 11.3 Å². The van der Waals surface area contributed by atoms with Gasteiger partial charge in [-0.1, -0.05) is 32.9 Å². The lowest BCUT2D eigenvalue weighted by Crippen LogP contribution is -2.11. The molecule has 1 heterocycles. The minimum absolute atomic E-state index is 0.139. The molecule has 0 bridgehead atoms. The second-order valence-corrected chi connectivity index (χ2v) is 9.18. The molecule has 0 saturated heterocycles. The third kappa shape index (κ3) is 3.63. The molecule has 23 heavy (non-hydrogen) atoms. The number of thiophene rings is 1. The normalized spacial score (nSPS) is 12.9. The number of aromatic hydroxyl groups is 1. The highest BCUT2D eigenvalue weighted by atomic mass is 32.2. The van der Waals surface area contributed by atoms with Crippen molar-refractivity contribution >= 4 is 27.3 Å². The first-order valence-corrected chi connectivity index (χ1v) is 9.26. The Morgan fingerprint density at radius 3 is 2.52 bits per heavy atom. The summed E-state index contributed by atoms with van der Waals surface area (Å²) in [6.07, 6.45) is 1.34. The van der Waals surface area contributed by atoms with E-state index < -0.39 is 9.84 Å². The summed E-state index contributed by atoms with van der Waals surface area (Å²) in [6, 6.07) is 9.68. The molecule has 0 aliphatic rings. The first kappa shape index (κ1) is 17.3. The van der Waals surface area contributed by atoms with Gasteiger partial charge in [-0.05, 0) is 46.2 Å². The summed E-state index contributed by atoms with van der Waals surface area (Å²) in [6.45, 7) is 5.84. The van der Waals surface area contributed by atoms with Crippen LogP contribution in [0.15, 0.2) is 44.8 Å². The minimum atomic E-state index is -3.81. The molecule has 2 rings (SSSR count). The first-order chi connectivity index (χ1) is 10.7. The van der Waals surface area contributed by atoms with Crippen molar-refractivity contribution in [1.82, 2.24) is 0 Å². The molecule has 0 unspecified atom stereocenters. The topological polar surface area (TPSA) is 78.2 Å². The van der Waals surface area contributed by atoms with Gasteiger partial charge in [-0.15, -0.1) is 11.3 Å². The third-order valence-corrected chi connectivity index (χ3v) is 6.35. The molecule has 6 heteroatoms. The molecule has 0 aliphatic carbocycles. The molecular formula is C17H17NO3S2. The summed E-state index contributed by atoms with van der Waals surface area (Å²) in [5, 5.41) is 20.9. The lowest BCUT2D eigenvalue weighted by molar-refractivity contribution is 0.446. The number of hydrogen-bond donors (Lipinski definition) is 1. The van der Waals surface area contributed by atoms with Crippen LogP contribution in [0.25, 0.3) is 6.08 Å². The predicted octanol–water partition coefficient (Wildman–Crippen LogP) is 4.09. The fraction of sp³-hybridized carbons (Fsp3) is 0.235. The van der Waals surface area contributed by atoms with Gasteiger partial charge in [-0.3, -0.25) is 0 Å². The molecule has 0 atom stereocenters. The maximum Gasteiger partial charge on any atom is 0.226 e. The van der Waals surface area contributed by atoms with E-state index in [4.69, 9.17) is 0 Å². The molecule has 4 nitrogen and oxygen atoms in total. The zero-order valence-corrected chi connectivity index (χ0v) is 14.7. The Kier molecular flexibility index (Phi) is 4.64. The summed E-state index contributed by atoms with van der Waals surface area (Å²) in [5.41, 5.74) is 0.953. The van der Waals surface area contributed by atoms with Gasteiger partial charge in [0.25, 0.3) is 0 Å². The van der Waals surface area contributed by atoms with Crippen molar-refractivity contribution in [1.29, 1.82) is 5.26 Å².